The molecule has 11 heavy (non-hydrogen) atoms. The van der Waals surface area contributed by atoms with Crippen LogP contribution in [-0.2, 0) is 9.53 Å². The number of rotatable bonds is 2. The highest BCUT2D eigenvalue weighted by atomic mass is 16.5. The highest BCUT2D eigenvalue weighted by molar-refractivity contribution is 5.72. The summed E-state index contributed by atoms with van der Waals surface area (Å²) < 4.78 is 4.59. The summed E-state index contributed by atoms with van der Waals surface area (Å²) in [6.45, 7) is 2.10. The molecule has 0 amide bonds. The zero-order chi connectivity index (χ0) is 8.27. The molecule has 0 atom stereocenters. The summed E-state index contributed by atoms with van der Waals surface area (Å²) in [5.74, 6) is -0.110. The van der Waals surface area contributed by atoms with Gasteiger partial charge in [-0.05, 0) is 26.2 Å². The van der Waals surface area contributed by atoms with Crippen LogP contribution in [0, 0.1) is 0 Å². The van der Waals surface area contributed by atoms with Crippen LogP contribution in [-0.4, -0.2) is 13.1 Å². The Kier molecular flexibility index (Phi) is 2.69. The summed E-state index contributed by atoms with van der Waals surface area (Å²) in [4.78, 5) is 10.9. The Morgan fingerprint density at radius 2 is 2.27 bits per heavy atom. The Hall–Kier alpha value is -0.790. The van der Waals surface area contributed by atoms with Crippen molar-refractivity contribution in [2.24, 2.45) is 0 Å². The molecule has 0 unspecified atom stereocenters. The van der Waals surface area contributed by atoms with Crippen LogP contribution in [0.25, 0.3) is 0 Å². The van der Waals surface area contributed by atoms with Gasteiger partial charge < -0.3 is 4.74 Å². The summed E-state index contributed by atoms with van der Waals surface area (Å²) in [5, 5.41) is 0. The number of allylic oxidation sites excluding steroid dienone is 1. The van der Waals surface area contributed by atoms with Crippen molar-refractivity contribution in [1.82, 2.24) is 0 Å². The second kappa shape index (κ2) is 3.56. The van der Waals surface area contributed by atoms with Gasteiger partial charge in [0.05, 0.1) is 13.5 Å². The predicted octanol–water partition coefficient (Wildman–Crippen LogP) is 2.05. The Bertz CT molecular complexity index is 192. The van der Waals surface area contributed by atoms with Gasteiger partial charge in [-0.25, -0.2) is 0 Å². The van der Waals surface area contributed by atoms with Gasteiger partial charge in [0, 0.05) is 0 Å². The van der Waals surface area contributed by atoms with E-state index in [2.05, 4.69) is 11.7 Å². The van der Waals surface area contributed by atoms with Crippen LogP contribution in [0.4, 0.5) is 0 Å². The van der Waals surface area contributed by atoms with E-state index in [-0.39, 0.29) is 5.97 Å². The average molecular weight is 154 g/mol. The maximum Gasteiger partial charge on any atom is 0.309 e. The van der Waals surface area contributed by atoms with Gasteiger partial charge in [0.1, 0.15) is 0 Å². The Balaban J connectivity index is 2.48. The highest BCUT2D eigenvalue weighted by Crippen LogP contribution is 2.27. The van der Waals surface area contributed by atoms with Gasteiger partial charge in [0.25, 0.3) is 0 Å². The summed E-state index contributed by atoms with van der Waals surface area (Å²) >= 11 is 0. The van der Waals surface area contributed by atoms with Crippen LogP contribution in [0.2, 0.25) is 0 Å². The fraction of sp³-hybridized carbons (Fsp3) is 0.667. The number of hydrogen-bond donors (Lipinski definition) is 0. The molecule has 0 aromatic rings. The molecule has 0 saturated carbocycles. The van der Waals surface area contributed by atoms with Crippen LogP contribution in [0.5, 0.6) is 0 Å². The molecule has 0 aromatic heterocycles. The van der Waals surface area contributed by atoms with Crippen molar-refractivity contribution >= 4 is 5.97 Å². The smallest absolute Gasteiger partial charge is 0.309 e. The minimum atomic E-state index is -0.110. The lowest BCUT2D eigenvalue weighted by molar-refractivity contribution is -0.139. The van der Waals surface area contributed by atoms with E-state index in [1.807, 2.05) is 0 Å². The van der Waals surface area contributed by atoms with Gasteiger partial charge in [-0.15, -0.1) is 0 Å². The summed E-state index contributed by atoms with van der Waals surface area (Å²) in [5.41, 5.74) is 2.67. The third-order valence-electron chi connectivity index (χ3n) is 2.22. The molecule has 0 aromatic carbocycles. The maximum atomic E-state index is 10.9. The molecule has 0 saturated heterocycles. The molecule has 2 nitrogen and oxygen atoms in total. The van der Waals surface area contributed by atoms with Crippen LogP contribution >= 0.6 is 0 Å². The molecular formula is C9H14O2. The number of methoxy groups -OCH3 is 1. The van der Waals surface area contributed by atoms with Gasteiger partial charge in [0.15, 0.2) is 0 Å². The Morgan fingerprint density at radius 3 is 2.73 bits per heavy atom. The molecule has 1 aliphatic carbocycles. The molecule has 0 heterocycles. The molecule has 0 radical (unpaired) electrons. The molecule has 1 rings (SSSR count). The first-order valence-electron chi connectivity index (χ1n) is 3.98. The monoisotopic (exact) mass is 154 g/mol. The van der Waals surface area contributed by atoms with E-state index in [0.29, 0.717) is 6.42 Å². The summed E-state index contributed by atoms with van der Waals surface area (Å²) in [6, 6.07) is 0. The number of carbonyl (C=O) groups excluding carboxylic acids is 1. The minimum absolute atomic E-state index is 0.110. The van der Waals surface area contributed by atoms with Gasteiger partial charge in [-0.2, -0.15) is 0 Å². The van der Waals surface area contributed by atoms with Gasteiger partial charge in [-0.3, -0.25) is 4.79 Å². The fourth-order valence-electron chi connectivity index (χ4n) is 1.44. The first-order chi connectivity index (χ1) is 5.24. The first kappa shape index (κ1) is 8.31. The second-order valence-corrected chi connectivity index (χ2v) is 2.99. The molecule has 62 valence electrons. The van der Waals surface area contributed by atoms with Crippen molar-refractivity contribution in [3.05, 3.63) is 11.1 Å². The maximum absolute atomic E-state index is 10.9. The van der Waals surface area contributed by atoms with Gasteiger partial charge >= 0.3 is 5.97 Å². The average Bonchev–Trinajstić information content (AvgIpc) is 2.37. The normalized spacial score (nSPS) is 17.3. The van der Waals surface area contributed by atoms with E-state index in [0.717, 1.165) is 12.8 Å². The topological polar surface area (TPSA) is 26.3 Å². The standard InChI is InChI=1S/C9H14O2/c1-7-4-3-5-8(7)6-9(10)11-2/h3-6H2,1-2H3. The van der Waals surface area contributed by atoms with Crippen LogP contribution in [0.15, 0.2) is 11.1 Å². The second-order valence-electron chi connectivity index (χ2n) is 2.99. The van der Waals surface area contributed by atoms with Crippen LogP contribution in [0.1, 0.15) is 32.6 Å². The fourth-order valence-corrected chi connectivity index (χ4v) is 1.44. The third-order valence-corrected chi connectivity index (χ3v) is 2.22. The lowest BCUT2D eigenvalue weighted by atomic mass is 10.1. The highest BCUT2D eigenvalue weighted by Gasteiger charge is 2.13. The largest absolute Gasteiger partial charge is 0.469 e. The summed E-state index contributed by atoms with van der Waals surface area (Å²) in [6.07, 6.45) is 3.95. The van der Waals surface area contributed by atoms with Crippen molar-refractivity contribution in [2.45, 2.75) is 32.6 Å². The van der Waals surface area contributed by atoms with Crippen molar-refractivity contribution in [2.75, 3.05) is 7.11 Å². The number of carbonyl (C=O) groups is 1. The molecule has 0 bridgehead atoms. The molecular weight excluding hydrogens is 140 g/mol. The van der Waals surface area contributed by atoms with Crippen LogP contribution in [0.3, 0.4) is 0 Å². The Labute approximate surface area is 67.2 Å². The Morgan fingerprint density at radius 1 is 1.55 bits per heavy atom. The minimum Gasteiger partial charge on any atom is -0.469 e. The van der Waals surface area contributed by atoms with E-state index in [4.69, 9.17) is 0 Å². The molecule has 0 fully saturated rings. The van der Waals surface area contributed by atoms with E-state index >= 15 is 0 Å². The number of ether oxygens (including phenoxy) is 1. The zero-order valence-electron chi connectivity index (χ0n) is 7.14. The first-order valence-corrected chi connectivity index (χ1v) is 3.98. The van der Waals surface area contributed by atoms with Crippen molar-refractivity contribution < 1.29 is 9.53 Å². The van der Waals surface area contributed by atoms with E-state index in [9.17, 15) is 4.79 Å². The molecule has 0 aliphatic heterocycles. The molecule has 2 heteroatoms. The van der Waals surface area contributed by atoms with E-state index in [1.54, 1.807) is 0 Å². The molecule has 1 aliphatic rings. The number of esters is 1. The lowest BCUT2D eigenvalue weighted by Crippen LogP contribution is -2.01. The number of hydrogen-bond acceptors (Lipinski definition) is 2. The third kappa shape index (κ3) is 2.07. The van der Waals surface area contributed by atoms with Crippen molar-refractivity contribution in [1.29, 1.82) is 0 Å². The quantitative estimate of drug-likeness (QED) is 0.449. The lowest BCUT2D eigenvalue weighted by Gasteiger charge is -2.00. The van der Waals surface area contributed by atoms with Gasteiger partial charge in [0.2, 0.25) is 0 Å². The van der Waals surface area contributed by atoms with Gasteiger partial charge in [-0.1, -0.05) is 11.1 Å². The van der Waals surface area contributed by atoms with Crippen molar-refractivity contribution in [3.63, 3.8) is 0 Å². The summed E-state index contributed by atoms with van der Waals surface area (Å²) in [7, 11) is 1.44. The predicted molar refractivity (Wildman–Crippen MR) is 43.2 cm³/mol. The SMILES string of the molecule is COC(=O)CC1=C(C)CCC1. The van der Waals surface area contributed by atoms with Crippen molar-refractivity contribution in [3.8, 4) is 0 Å². The van der Waals surface area contributed by atoms with E-state index in [1.165, 1.54) is 24.7 Å². The molecule has 0 N–H and O–H groups in total. The zero-order valence-corrected chi connectivity index (χ0v) is 7.14. The molecule has 0 spiro atoms. The van der Waals surface area contributed by atoms with E-state index < -0.39 is 0 Å². The van der Waals surface area contributed by atoms with Crippen LogP contribution < -0.4 is 0 Å².